The lowest BCUT2D eigenvalue weighted by Crippen LogP contribution is -2.24. The molecule has 0 N–H and O–H groups in total. The number of hydrogen-bond donors (Lipinski definition) is 0. The second-order valence-corrected chi connectivity index (χ2v) is 5.78. The van der Waals surface area contributed by atoms with Crippen molar-refractivity contribution in [3.63, 3.8) is 0 Å². The highest BCUT2D eigenvalue weighted by Gasteiger charge is 2.10. The molecule has 0 saturated carbocycles. The number of rotatable bonds is 7. The number of ether oxygens (including phenoxy) is 1. The highest BCUT2D eigenvalue weighted by molar-refractivity contribution is 5.54. The first kappa shape index (κ1) is 16.2. The van der Waals surface area contributed by atoms with Crippen LogP contribution in [0.25, 0.3) is 11.4 Å². The Hall–Kier alpha value is -2.66. The Morgan fingerprint density at radius 2 is 1.79 bits per heavy atom. The molecule has 1 heterocycles. The van der Waals surface area contributed by atoms with Crippen molar-refractivity contribution < 1.29 is 9.26 Å². The molecule has 0 amide bonds. The Labute approximate surface area is 141 Å². The molecule has 24 heavy (non-hydrogen) atoms. The van der Waals surface area contributed by atoms with Gasteiger partial charge in [-0.1, -0.05) is 53.2 Å². The number of hydrogen-bond acceptors (Lipinski definition) is 5. The van der Waals surface area contributed by atoms with E-state index in [-0.39, 0.29) is 0 Å². The molecule has 0 aliphatic rings. The van der Waals surface area contributed by atoms with Crippen LogP contribution in [0, 0.1) is 6.92 Å². The van der Waals surface area contributed by atoms with Gasteiger partial charge >= 0.3 is 0 Å². The van der Waals surface area contributed by atoms with Gasteiger partial charge in [0.1, 0.15) is 12.4 Å². The third-order valence-corrected chi connectivity index (χ3v) is 3.67. The van der Waals surface area contributed by atoms with E-state index in [1.807, 2.05) is 61.6 Å². The van der Waals surface area contributed by atoms with Crippen LogP contribution in [0.2, 0.25) is 0 Å². The lowest BCUT2D eigenvalue weighted by Gasteiger charge is -2.14. The van der Waals surface area contributed by atoms with Crippen molar-refractivity contribution in [2.45, 2.75) is 13.5 Å². The first-order chi connectivity index (χ1) is 11.7. The van der Waals surface area contributed by atoms with Crippen LogP contribution in [0.5, 0.6) is 5.75 Å². The third kappa shape index (κ3) is 4.43. The number of aromatic nitrogens is 2. The molecule has 1 aromatic heterocycles. The summed E-state index contributed by atoms with van der Waals surface area (Å²) in [6.07, 6.45) is 0. The standard InChI is InChI=1S/C19H21N3O2/c1-15-8-10-16(11-9-15)19-20-18(24-21-19)14-22(2)12-13-23-17-6-4-3-5-7-17/h3-11H,12-14H2,1-2H3. The van der Waals surface area contributed by atoms with Crippen LogP contribution in [0.15, 0.2) is 59.1 Å². The van der Waals surface area contributed by atoms with E-state index in [1.54, 1.807) is 0 Å². The van der Waals surface area contributed by atoms with Crippen molar-refractivity contribution in [2.24, 2.45) is 0 Å². The summed E-state index contributed by atoms with van der Waals surface area (Å²) in [6, 6.07) is 17.9. The SMILES string of the molecule is Cc1ccc(-c2noc(CN(C)CCOc3ccccc3)n2)cc1. The molecule has 0 spiro atoms. The van der Waals surface area contributed by atoms with Gasteiger partial charge in [0.25, 0.3) is 0 Å². The maximum absolute atomic E-state index is 5.69. The molecule has 0 fully saturated rings. The second-order valence-electron chi connectivity index (χ2n) is 5.78. The van der Waals surface area contributed by atoms with E-state index in [1.165, 1.54) is 5.56 Å². The van der Waals surface area contributed by atoms with Gasteiger partial charge in [-0.2, -0.15) is 4.98 Å². The molecule has 0 saturated heterocycles. The quantitative estimate of drug-likeness (QED) is 0.665. The van der Waals surface area contributed by atoms with Gasteiger partial charge in [-0.15, -0.1) is 0 Å². The first-order valence-corrected chi connectivity index (χ1v) is 7.97. The van der Waals surface area contributed by atoms with Crippen LogP contribution in [-0.2, 0) is 6.54 Å². The molecule has 0 aliphatic carbocycles. The fraction of sp³-hybridized carbons (Fsp3) is 0.263. The number of nitrogens with zero attached hydrogens (tertiary/aromatic N) is 3. The number of likely N-dealkylation sites (N-methyl/N-ethyl adjacent to an activating group) is 1. The zero-order chi connectivity index (χ0) is 16.8. The fourth-order valence-electron chi connectivity index (χ4n) is 2.28. The molecular formula is C19H21N3O2. The minimum absolute atomic E-state index is 0.594. The molecule has 0 radical (unpaired) electrons. The van der Waals surface area contributed by atoms with Crippen molar-refractivity contribution in [1.29, 1.82) is 0 Å². The topological polar surface area (TPSA) is 51.4 Å². The predicted octanol–water partition coefficient (Wildman–Crippen LogP) is 3.56. The van der Waals surface area contributed by atoms with Crippen molar-refractivity contribution in [3.8, 4) is 17.1 Å². The lowest BCUT2D eigenvalue weighted by molar-refractivity contribution is 0.213. The predicted molar refractivity (Wildman–Crippen MR) is 92.7 cm³/mol. The Morgan fingerprint density at radius 3 is 2.54 bits per heavy atom. The summed E-state index contributed by atoms with van der Waals surface area (Å²) in [5.74, 6) is 2.11. The Morgan fingerprint density at radius 1 is 1.04 bits per heavy atom. The monoisotopic (exact) mass is 323 g/mol. The van der Waals surface area contributed by atoms with Crippen LogP contribution in [0.4, 0.5) is 0 Å². The number of benzene rings is 2. The van der Waals surface area contributed by atoms with E-state index in [9.17, 15) is 0 Å². The molecule has 124 valence electrons. The maximum atomic E-state index is 5.69. The molecule has 0 bridgehead atoms. The van der Waals surface area contributed by atoms with E-state index in [0.29, 0.717) is 24.9 Å². The van der Waals surface area contributed by atoms with Gasteiger partial charge in [-0.3, -0.25) is 4.90 Å². The fourth-order valence-corrected chi connectivity index (χ4v) is 2.28. The smallest absolute Gasteiger partial charge is 0.241 e. The van der Waals surface area contributed by atoms with E-state index in [2.05, 4.69) is 22.0 Å². The van der Waals surface area contributed by atoms with Gasteiger partial charge in [0.2, 0.25) is 11.7 Å². The average Bonchev–Trinajstić information content (AvgIpc) is 3.05. The molecule has 3 aromatic rings. The van der Waals surface area contributed by atoms with Gasteiger partial charge in [0, 0.05) is 12.1 Å². The molecule has 5 nitrogen and oxygen atoms in total. The highest BCUT2D eigenvalue weighted by atomic mass is 16.5. The van der Waals surface area contributed by atoms with Gasteiger partial charge in [-0.25, -0.2) is 0 Å². The van der Waals surface area contributed by atoms with E-state index in [0.717, 1.165) is 17.9 Å². The van der Waals surface area contributed by atoms with E-state index < -0.39 is 0 Å². The van der Waals surface area contributed by atoms with Crippen molar-refractivity contribution in [2.75, 3.05) is 20.2 Å². The van der Waals surface area contributed by atoms with Crippen LogP contribution in [-0.4, -0.2) is 35.2 Å². The zero-order valence-corrected chi connectivity index (χ0v) is 14.0. The van der Waals surface area contributed by atoms with Crippen molar-refractivity contribution >= 4 is 0 Å². The molecule has 2 aromatic carbocycles. The van der Waals surface area contributed by atoms with Gasteiger partial charge in [-0.05, 0) is 26.1 Å². The zero-order valence-electron chi connectivity index (χ0n) is 14.0. The van der Waals surface area contributed by atoms with Crippen LogP contribution < -0.4 is 4.74 Å². The number of para-hydroxylation sites is 1. The molecule has 5 heteroatoms. The van der Waals surface area contributed by atoms with Gasteiger partial charge in [0.15, 0.2) is 0 Å². The van der Waals surface area contributed by atoms with Crippen LogP contribution in [0.1, 0.15) is 11.5 Å². The lowest BCUT2D eigenvalue weighted by atomic mass is 10.1. The molecule has 3 rings (SSSR count). The Balaban J connectivity index is 1.50. The van der Waals surface area contributed by atoms with Crippen LogP contribution >= 0.6 is 0 Å². The first-order valence-electron chi connectivity index (χ1n) is 7.97. The second kappa shape index (κ2) is 7.75. The Bertz CT molecular complexity index is 754. The summed E-state index contributed by atoms with van der Waals surface area (Å²) >= 11 is 0. The number of aryl methyl sites for hydroxylation is 1. The van der Waals surface area contributed by atoms with Gasteiger partial charge in [0.05, 0.1) is 6.54 Å². The molecule has 0 aliphatic heterocycles. The van der Waals surface area contributed by atoms with Gasteiger partial charge < -0.3 is 9.26 Å². The minimum Gasteiger partial charge on any atom is -0.492 e. The maximum Gasteiger partial charge on any atom is 0.241 e. The summed E-state index contributed by atoms with van der Waals surface area (Å²) in [6.45, 7) is 4.03. The molecular weight excluding hydrogens is 302 g/mol. The van der Waals surface area contributed by atoms with E-state index in [4.69, 9.17) is 9.26 Å². The minimum atomic E-state index is 0.594. The normalized spacial score (nSPS) is 11.0. The van der Waals surface area contributed by atoms with Crippen molar-refractivity contribution in [1.82, 2.24) is 15.0 Å². The van der Waals surface area contributed by atoms with Crippen LogP contribution in [0.3, 0.4) is 0 Å². The summed E-state index contributed by atoms with van der Waals surface area (Å²) in [5.41, 5.74) is 2.17. The largest absolute Gasteiger partial charge is 0.492 e. The summed E-state index contributed by atoms with van der Waals surface area (Å²) < 4.78 is 11.0. The summed E-state index contributed by atoms with van der Waals surface area (Å²) in [5, 5.41) is 4.05. The van der Waals surface area contributed by atoms with Crippen molar-refractivity contribution in [3.05, 3.63) is 66.1 Å². The summed E-state index contributed by atoms with van der Waals surface area (Å²) in [7, 11) is 2.00. The average molecular weight is 323 g/mol. The highest BCUT2D eigenvalue weighted by Crippen LogP contribution is 2.16. The third-order valence-electron chi connectivity index (χ3n) is 3.67. The van der Waals surface area contributed by atoms with E-state index >= 15 is 0 Å². The summed E-state index contributed by atoms with van der Waals surface area (Å²) in [4.78, 5) is 6.55. The Kier molecular flexibility index (Phi) is 5.23. The molecule has 0 unspecified atom stereocenters. The molecule has 0 atom stereocenters.